The number of aliphatic hydroxyl groups excluding tert-OH is 7. The van der Waals surface area contributed by atoms with Crippen LogP contribution in [0.4, 0.5) is 0 Å². The minimum Gasteiger partial charge on any atom is -0.462 e. The van der Waals surface area contributed by atoms with E-state index >= 15 is 0 Å². The molecule has 2 saturated heterocycles. The zero-order valence-corrected chi connectivity index (χ0v) is 45.6. The van der Waals surface area contributed by atoms with Gasteiger partial charge in [-0.3, -0.25) is 9.59 Å². The van der Waals surface area contributed by atoms with Crippen LogP contribution in [0, 0.1) is 0 Å². The van der Waals surface area contributed by atoms with Crippen molar-refractivity contribution in [3.05, 3.63) is 60.8 Å². The summed E-state index contributed by atoms with van der Waals surface area (Å²) in [6.07, 6.45) is 36.6. The summed E-state index contributed by atoms with van der Waals surface area (Å²) in [5.74, 6) is -0.938. The standard InChI is InChI=1S/C59H102O15/c1-3-5-7-9-11-13-15-17-19-21-22-23-24-26-28-30-32-34-36-38-40-42-51(62)72-47(44-69-50(61)41-39-37-35-33-31-29-27-25-20-18-16-14-12-10-8-6-4-2)45-70-58-57(68)55(66)53(64)49(74-58)46-71-59-56(67)54(65)52(63)48(43-60)73-59/h5,7,11,13,17-20,22-23,47-49,52-60,63-68H,3-4,6,8-10,12,14-16,21,24-46H2,1-2H3/b7-5-,13-11-,19-17-,20-18-,23-22-. The van der Waals surface area contributed by atoms with Crippen molar-refractivity contribution in [2.45, 2.75) is 274 Å². The van der Waals surface area contributed by atoms with E-state index in [1.807, 2.05) is 0 Å². The molecule has 2 heterocycles. The molecular weight excluding hydrogens is 949 g/mol. The van der Waals surface area contributed by atoms with E-state index in [2.05, 4.69) is 74.6 Å². The lowest BCUT2D eigenvalue weighted by Crippen LogP contribution is -2.61. The van der Waals surface area contributed by atoms with E-state index in [4.69, 9.17) is 28.4 Å². The van der Waals surface area contributed by atoms with Crippen LogP contribution in [-0.4, -0.2) is 142 Å². The zero-order valence-electron chi connectivity index (χ0n) is 45.6. The van der Waals surface area contributed by atoms with Crippen LogP contribution in [0.15, 0.2) is 60.8 Å². The lowest BCUT2D eigenvalue weighted by Gasteiger charge is -2.42. The highest BCUT2D eigenvalue weighted by atomic mass is 16.7. The van der Waals surface area contributed by atoms with Gasteiger partial charge in [-0.25, -0.2) is 0 Å². The Balaban J connectivity index is 1.76. The van der Waals surface area contributed by atoms with Crippen molar-refractivity contribution < 1.29 is 73.8 Å². The van der Waals surface area contributed by atoms with Gasteiger partial charge in [0.05, 0.1) is 19.8 Å². The first-order chi connectivity index (χ1) is 36.0. The summed E-state index contributed by atoms with van der Waals surface area (Å²) in [6.45, 7) is 2.48. The average molecular weight is 1050 g/mol. The molecule has 0 aromatic heterocycles. The summed E-state index contributed by atoms with van der Waals surface area (Å²) in [7, 11) is 0. The highest BCUT2D eigenvalue weighted by molar-refractivity contribution is 5.70. The van der Waals surface area contributed by atoms with Gasteiger partial charge in [-0.05, 0) is 77.0 Å². The molecule has 2 fully saturated rings. The van der Waals surface area contributed by atoms with Gasteiger partial charge in [0.2, 0.25) is 0 Å². The Morgan fingerprint density at radius 3 is 1.35 bits per heavy atom. The fourth-order valence-electron chi connectivity index (χ4n) is 8.79. The number of allylic oxidation sites excluding steroid dienone is 10. The largest absolute Gasteiger partial charge is 0.462 e. The third kappa shape index (κ3) is 32.1. The molecule has 0 amide bonds. The number of aliphatic hydroxyl groups is 7. The predicted molar refractivity (Wildman–Crippen MR) is 289 cm³/mol. The first kappa shape index (κ1) is 67.3. The maximum atomic E-state index is 13.1. The molecule has 2 rings (SSSR count). The minimum atomic E-state index is -1.77. The number of ether oxygens (including phenoxy) is 6. The number of carbonyl (C=O) groups is 2. The van der Waals surface area contributed by atoms with Crippen molar-refractivity contribution in [3.63, 3.8) is 0 Å². The van der Waals surface area contributed by atoms with Crippen molar-refractivity contribution in [2.75, 3.05) is 26.4 Å². The zero-order chi connectivity index (χ0) is 53.9. The van der Waals surface area contributed by atoms with E-state index in [0.29, 0.717) is 12.8 Å². The Hall–Kier alpha value is -2.80. The summed E-state index contributed by atoms with van der Waals surface area (Å²) in [4.78, 5) is 25.9. The maximum Gasteiger partial charge on any atom is 0.306 e. The molecule has 2 aliphatic heterocycles. The van der Waals surface area contributed by atoms with Gasteiger partial charge in [-0.2, -0.15) is 0 Å². The lowest BCUT2D eigenvalue weighted by molar-refractivity contribution is -0.332. The van der Waals surface area contributed by atoms with Crippen LogP contribution in [0.1, 0.15) is 206 Å². The number of hydrogen-bond acceptors (Lipinski definition) is 15. The number of unbranched alkanes of at least 4 members (excludes halogenated alkanes) is 21. The number of carbonyl (C=O) groups excluding carboxylic acids is 2. The summed E-state index contributed by atoms with van der Waals surface area (Å²) >= 11 is 0. The second kappa shape index (κ2) is 45.2. The molecular formula is C59H102O15. The van der Waals surface area contributed by atoms with E-state index in [1.54, 1.807) is 0 Å². The summed E-state index contributed by atoms with van der Waals surface area (Å²) in [6, 6.07) is 0. The molecule has 15 nitrogen and oxygen atoms in total. The van der Waals surface area contributed by atoms with Crippen molar-refractivity contribution in [3.8, 4) is 0 Å². The highest BCUT2D eigenvalue weighted by Gasteiger charge is 2.47. The fourth-order valence-corrected chi connectivity index (χ4v) is 8.79. The molecule has 0 radical (unpaired) electrons. The van der Waals surface area contributed by atoms with E-state index in [0.717, 1.165) is 83.5 Å². The third-order valence-corrected chi connectivity index (χ3v) is 13.5. The Morgan fingerprint density at radius 2 is 0.851 bits per heavy atom. The molecule has 0 aromatic rings. The molecule has 11 atom stereocenters. The molecule has 74 heavy (non-hydrogen) atoms. The van der Waals surface area contributed by atoms with E-state index in [-0.39, 0.29) is 26.1 Å². The molecule has 7 N–H and O–H groups in total. The minimum absolute atomic E-state index is 0.153. The van der Waals surface area contributed by atoms with E-state index < -0.39 is 92.7 Å². The van der Waals surface area contributed by atoms with Crippen molar-refractivity contribution in [1.82, 2.24) is 0 Å². The molecule has 0 bridgehead atoms. The fraction of sp³-hybridized carbons (Fsp3) is 0.797. The molecule has 428 valence electrons. The van der Waals surface area contributed by atoms with Crippen LogP contribution >= 0.6 is 0 Å². The van der Waals surface area contributed by atoms with Crippen LogP contribution in [0.2, 0.25) is 0 Å². The van der Waals surface area contributed by atoms with Gasteiger partial charge in [-0.1, -0.05) is 177 Å². The molecule has 2 aliphatic rings. The van der Waals surface area contributed by atoms with Gasteiger partial charge in [-0.15, -0.1) is 0 Å². The Morgan fingerprint density at radius 1 is 0.446 bits per heavy atom. The second-order valence-electron chi connectivity index (χ2n) is 20.1. The summed E-state index contributed by atoms with van der Waals surface area (Å²) in [5, 5.41) is 72.3. The normalized spacial score (nSPS) is 25.1. The summed E-state index contributed by atoms with van der Waals surface area (Å²) < 4.78 is 33.7. The Bertz CT molecular complexity index is 1520. The monoisotopic (exact) mass is 1050 g/mol. The smallest absolute Gasteiger partial charge is 0.306 e. The van der Waals surface area contributed by atoms with Crippen LogP contribution in [0.3, 0.4) is 0 Å². The molecule has 0 aromatic carbocycles. The van der Waals surface area contributed by atoms with Crippen molar-refractivity contribution in [2.24, 2.45) is 0 Å². The van der Waals surface area contributed by atoms with Gasteiger partial charge in [0.15, 0.2) is 18.7 Å². The van der Waals surface area contributed by atoms with Crippen molar-refractivity contribution >= 4 is 11.9 Å². The SMILES string of the molecule is CC/C=C\C/C=C\C/C=C\C/C=C\CCCCCCCCCCC(=O)OC(COC(=O)CCCCCCCCC/C=C\CCCCCCCC)COC1OC(COC2OC(CO)C(O)C(O)C2O)C(O)C(O)C1O. The van der Waals surface area contributed by atoms with Gasteiger partial charge in [0.25, 0.3) is 0 Å². The molecule has 0 spiro atoms. The summed E-state index contributed by atoms with van der Waals surface area (Å²) in [5.41, 5.74) is 0. The predicted octanol–water partition coefficient (Wildman–Crippen LogP) is 9.61. The highest BCUT2D eigenvalue weighted by Crippen LogP contribution is 2.27. The quantitative estimate of drug-likeness (QED) is 0.0171. The van der Waals surface area contributed by atoms with Gasteiger partial charge in [0, 0.05) is 12.8 Å². The Labute approximate surface area is 445 Å². The van der Waals surface area contributed by atoms with Crippen LogP contribution in [0.5, 0.6) is 0 Å². The van der Waals surface area contributed by atoms with Gasteiger partial charge < -0.3 is 64.2 Å². The van der Waals surface area contributed by atoms with Crippen LogP contribution in [-0.2, 0) is 38.0 Å². The Kier molecular flexibility index (Phi) is 41.2. The van der Waals surface area contributed by atoms with E-state index in [1.165, 1.54) is 83.5 Å². The maximum absolute atomic E-state index is 13.1. The van der Waals surface area contributed by atoms with E-state index in [9.17, 15) is 45.3 Å². The molecule has 11 unspecified atom stereocenters. The topological polar surface area (TPSA) is 231 Å². The molecule has 0 aliphatic carbocycles. The average Bonchev–Trinajstić information content (AvgIpc) is 3.39. The van der Waals surface area contributed by atoms with Crippen molar-refractivity contribution in [1.29, 1.82) is 0 Å². The first-order valence-electron chi connectivity index (χ1n) is 28.9. The molecule has 15 heteroatoms. The second-order valence-corrected chi connectivity index (χ2v) is 20.1. The van der Waals surface area contributed by atoms with Crippen LogP contribution < -0.4 is 0 Å². The van der Waals surface area contributed by atoms with Crippen LogP contribution in [0.25, 0.3) is 0 Å². The third-order valence-electron chi connectivity index (χ3n) is 13.5. The van der Waals surface area contributed by atoms with Gasteiger partial charge >= 0.3 is 11.9 Å². The number of esters is 2. The number of rotatable bonds is 45. The first-order valence-corrected chi connectivity index (χ1v) is 28.9. The molecule has 0 saturated carbocycles. The lowest BCUT2D eigenvalue weighted by atomic mass is 9.98. The van der Waals surface area contributed by atoms with Gasteiger partial charge in [0.1, 0.15) is 55.4 Å². The number of hydrogen-bond donors (Lipinski definition) is 7.